The summed E-state index contributed by atoms with van der Waals surface area (Å²) in [6.45, 7) is 3.57. The number of nitrogens with zero attached hydrogens (tertiary/aromatic N) is 2. The Morgan fingerprint density at radius 3 is 2.50 bits per heavy atom. The standard InChI is InChI=1S/C26H20FN3O3S/c1-15-8-13-20(33-15)14-21-25(32)30-23(17-9-11-18(27)12-10-17)22(16(2)28-26(30)34-21)24(31)29-19-6-4-3-5-7-19/h3-14,23H,1-2H3,(H,29,31)/b21-14-. The highest BCUT2D eigenvalue weighted by molar-refractivity contribution is 7.07. The molecule has 0 fully saturated rings. The first-order valence-corrected chi connectivity index (χ1v) is 11.4. The number of anilines is 1. The maximum absolute atomic E-state index is 13.7. The Morgan fingerprint density at radius 2 is 1.82 bits per heavy atom. The van der Waals surface area contributed by atoms with Crippen LogP contribution in [-0.4, -0.2) is 10.5 Å². The summed E-state index contributed by atoms with van der Waals surface area (Å²) >= 11 is 1.22. The van der Waals surface area contributed by atoms with Gasteiger partial charge in [-0.05, 0) is 55.8 Å². The van der Waals surface area contributed by atoms with Gasteiger partial charge in [-0.15, -0.1) is 0 Å². The minimum Gasteiger partial charge on any atom is -0.462 e. The fourth-order valence-electron chi connectivity index (χ4n) is 3.95. The van der Waals surface area contributed by atoms with E-state index >= 15 is 0 Å². The van der Waals surface area contributed by atoms with E-state index < -0.39 is 11.9 Å². The van der Waals surface area contributed by atoms with Gasteiger partial charge in [0, 0.05) is 11.8 Å². The monoisotopic (exact) mass is 473 g/mol. The summed E-state index contributed by atoms with van der Waals surface area (Å²) < 4.78 is 21.2. The summed E-state index contributed by atoms with van der Waals surface area (Å²) in [4.78, 5) is 32.0. The van der Waals surface area contributed by atoms with E-state index in [9.17, 15) is 14.0 Å². The fourth-order valence-corrected chi connectivity index (χ4v) is 4.98. The second-order valence-electron chi connectivity index (χ2n) is 7.90. The Bertz CT molecular complexity index is 1600. The van der Waals surface area contributed by atoms with E-state index in [2.05, 4.69) is 10.3 Å². The number of amides is 1. The molecule has 0 bridgehead atoms. The van der Waals surface area contributed by atoms with Gasteiger partial charge < -0.3 is 9.73 Å². The molecule has 1 unspecified atom stereocenters. The summed E-state index contributed by atoms with van der Waals surface area (Å²) in [5.74, 6) is 0.510. The molecule has 0 saturated heterocycles. The summed E-state index contributed by atoms with van der Waals surface area (Å²) in [5, 5.41) is 2.89. The van der Waals surface area contributed by atoms with Crippen molar-refractivity contribution in [2.24, 2.45) is 4.99 Å². The van der Waals surface area contributed by atoms with E-state index in [1.54, 1.807) is 43.3 Å². The summed E-state index contributed by atoms with van der Waals surface area (Å²) in [6.07, 6.45) is 1.67. The topological polar surface area (TPSA) is 76.6 Å². The van der Waals surface area contributed by atoms with Crippen molar-refractivity contribution >= 4 is 29.0 Å². The molecule has 5 rings (SSSR count). The Hall–Kier alpha value is -4.04. The van der Waals surface area contributed by atoms with Crippen molar-refractivity contribution in [3.8, 4) is 0 Å². The van der Waals surface area contributed by atoms with Gasteiger partial charge in [0.15, 0.2) is 4.80 Å². The van der Waals surface area contributed by atoms with Crippen LogP contribution >= 0.6 is 11.3 Å². The lowest BCUT2D eigenvalue weighted by Crippen LogP contribution is -2.40. The zero-order chi connectivity index (χ0) is 23.8. The van der Waals surface area contributed by atoms with Crippen LogP contribution in [0.4, 0.5) is 10.1 Å². The van der Waals surface area contributed by atoms with Crippen LogP contribution in [0.25, 0.3) is 6.08 Å². The summed E-state index contributed by atoms with van der Waals surface area (Å²) in [5.41, 5.74) is 1.74. The smallest absolute Gasteiger partial charge is 0.271 e. The molecule has 170 valence electrons. The molecule has 3 heterocycles. The van der Waals surface area contributed by atoms with Crippen molar-refractivity contribution < 1.29 is 13.6 Å². The van der Waals surface area contributed by atoms with Gasteiger partial charge in [-0.2, -0.15) is 0 Å². The predicted octanol–water partition coefficient (Wildman–Crippen LogP) is 3.91. The number of furan rings is 1. The molecule has 1 atom stereocenters. The third-order valence-electron chi connectivity index (χ3n) is 5.52. The van der Waals surface area contributed by atoms with Crippen molar-refractivity contribution in [1.82, 2.24) is 4.57 Å². The van der Waals surface area contributed by atoms with E-state index in [0.717, 1.165) is 5.76 Å². The van der Waals surface area contributed by atoms with Crippen molar-refractivity contribution in [1.29, 1.82) is 0 Å². The predicted molar refractivity (Wildman–Crippen MR) is 129 cm³/mol. The number of hydrogen-bond acceptors (Lipinski definition) is 5. The first-order valence-electron chi connectivity index (χ1n) is 10.6. The molecule has 34 heavy (non-hydrogen) atoms. The van der Waals surface area contributed by atoms with Crippen LogP contribution < -0.4 is 20.2 Å². The third-order valence-corrected chi connectivity index (χ3v) is 6.50. The van der Waals surface area contributed by atoms with Crippen LogP contribution in [0.15, 0.2) is 92.2 Å². The maximum Gasteiger partial charge on any atom is 0.271 e. The van der Waals surface area contributed by atoms with Gasteiger partial charge in [-0.3, -0.25) is 14.2 Å². The van der Waals surface area contributed by atoms with Gasteiger partial charge >= 0.3 is 0 Å². The number of rotatable bonds is 4. The molecular formula is C26H20FN3O3S. The average molecular weight is 474 g/mol. The third kappa shape index (κ3) is 4.04. The molecule has 0 radical (unpaired) electrons. The van der Waals surface area contributed by atoms with Gasteiger partial charge in [0.1, 0.15) is 17.3 Å². The minimum absolute atomic E-state index is 0.301. The van der Waals surface area contributed by atoms with E-state index in [1.165, 1.54) is 28.0 Å². The SMILES string of the molecule is CC1=C(C(=O)Nc2ccccc2)C(c2ccc(F)cc2)n2c(s/c(=C\c3ccc(C)o3)c2=O)=N1. The number of para-hydroxylation sites is 1. The highest BCUT2D eigenvalue weighted by atomic mass is 32.1. The number of carbonyl (C=O) groups excluding carboxylic acids is 1. The first kappa shape index (κ1) is 21.8. The molecule has 0 spiro atoms. The van der Waals surface area contributed by atoms with Crippen molar-refractivity contribution in [3.63, 3.8) is 0 Å². The number of aromatic nitrogens is 1. The lowest BCUT2D eigenvalue weighted by atomic mass is 9.95. The fraction of sp³-hybridized carbons (Fsp3) is 0.115. The molecule has 8 heteroatoms. The molecule has 0 aliphatic carbocycles. The molecule has 2 aromatic heterocycles. The quantitative estimate of drug-likeness (QED) is 0.488. The summed E-state index contributed by atoms with van der Waals surface area (Å²) in [7, 11) is 0. The molecule has 2 aromatic carbocycles. The second kappa shape index (κ2) is 8.72. The molecule has 4 aromatic rings. The van der Waals surface area contributed by atoms with Gasteiger partial charge in [0.25, 0.3) is 11.5 Å². The molecular weight excluding hydrogens is 453 g/mol. The molecule has 6 nitrogen and oxygen atoms in total. The Labute approximate surface area is 198 Å². The first-order chi connectivity index (χ1) is 16.4. The minimum atomic E-state index is -0.763. The molecule has 1 aliphatic heterocycles. The van der Waals surface area contributed by atoms with Gasteiger partial charge in [0.05, 0.1) is 21.8 Å². The Balaban J connectivity index is 1.68. The van der Waals surface area contributed by atoms with Crippen molar-refractivity contribution in [2.75, 3.05) is 5.32 Å². The van der Waals surface area contributed by atoms with Crippen LogP contribution in [0.2, 0.25) is 0 Å². The number of fused-ring (bicyclic) bond motifs is 1. The van der Waals surface area contributed by atoms with Crippen LogP contribution in [0, 0.1) is 12.7 Å². The Morgan fingerprint density at radius 1 is 1.09 bits per heavy atom. The zero-order valence-corrected chi connectivity index (χ0v) is 19.2. The van der Waals surface area contributed by atoms with Crippen LogP contribution in [0.5, 0.6) is 0 Å². The normalized spacial score (nSPS) is 15.7. The lowest BCUT2D eigenvalue weighted by molar-refractivity contribution is -0.113. The number of benzene rings is 2. The highest BCUT2D eigenvalue weighted by Gasteiger charge is 2.32. The van der Waals surface area contributed by atoms with Gasteiger partial charge in [0.2, 0.25) is 0 Å². The summed E-state index contributed by atoms with van der Waals surface area (Å²) in [6, 6.07) is 17.7. The number of allylic oxidation sites excluding steroid dienone is 1. The average Bonchev–Trinajstić information content (AvgIpc) is 3.36. The van der Waals surface area contributed by atoms with Crippen molar-refractivity contribution in [2.45, 2.75) is 19.9 Å². The Kier molecular flexibility index (Phi) is 5.59. The molecule has 1 N–H and O–H groups in total. The lowest BCUT2D eigenvalue weighted by Gasteiger charge is -2.25. The van der Waals surface area contributed by atoms with Crippen LogP contribution in [0.1, 0.15) is 30.0 Å². The van der Waals surface area contributed by atoms with E-state index in [0.29, 0.717) is 37.6 Å². The number of thiazole rings is 1. The number of nitrogens with one attached hydrogen (secondary N) is 1. The van der Waals surface area contributed by atoms with E-state index in [1.807, 2.05) is 31.2 Å². The number of halogens is 1. The number of aryl methyl sites for hydroxylation is 1. The van der Waals surface area contributed by atoms with Crippen LogP contribution in [0.3, 0.4) is 0 Å². The molecule has 1 amide bonds. The highest BCUT2D eigenvalue weighted by Crippen LogP contribution is 2.30. The van der Waals surface area contributed by atoms with E-state index in [4.69, 9.17) is 4.42 Å². The zero-order valence-electron chi connectivity index (χ0n) is 18.4. The molecule has 1 aliphatic rings. The second-order valence-corrected chi connectivity index (χ2v) is 8.91. The largest absolute Gasteiger partial charge is 0.462 e. The maximum atomic E-state index is 13.7. The van der Waals surface area contributed by atoms with Crippen LogP contribution in [-0.2, 0) is 4.79 Å². The number of hydrogen-bond donors (Lipinski definition) is 1. The van der Waals surface area contributed by atoms with E-state index in [-0.39, 0.29) is 11.5 Å². The number of carbonyl (C=O) groups is 1. The van der Waals surface area contributed by atoms with Gasteiger partial charge in [-0.1, -0.05) is 41.7 Å². The van der Waals surface area contributed by atoms with Crippen molar-refractivity contribution in [3.05, 3.63) is 121 Å². The molecule has 0 saturated carbocycles. The van der Waals surface area contributed by atoms with Gasteiger partial charge in [-0.25, -0.2) is 9.38 Å².